The molecule has 4 rings (SSSR count). The van der Waals surface area contributed by atoms with Crippen LogP contribution in [0, 0.1) is 0 Å². The number of nitrogens with one attached hydrogen (secondary N) is 2. The number of nitrogens with zero attached hydrogens (tertiary/aromatic N) is 3. The molecule has 13 heteroatoms. The summed E-state index contributed by atoms with van der Waals surface area (Å²) >= 11 is 5.65. The van der Waals surface area contributed by atoms with Crippen molar-refractivity contribution in [1.29, 1.82) is 0 Å². The number of carbonyl (C=O) groups excluding carboxylic acids is 4. The Balaban J connectivity index is 1.14. The lowest BCUT2D eigenvalue weighted by Crippen LogP contribution is -2.52. The van der Waals surface area contributed by atoms with Crippen molar-refractivity contribution in [3.8, 4) is 5.75 Å². The average molecular weight is 628 g/mol. The maximum atomic E-state index is 13.0. The summed E-state index contributed by atoms with van der Waals surface area (Å²) < 4.78 is 16.5. The first kappa shape index (κ1) is 33.0. The predicted octanol–water partition coefficient (Wildman–Crippen LogP) is 4.19. The standard InChI is InChI=1S/C31H38ClN5O7/c32-14-3-1-2-4-16-42-18-19-43-17-15-33-29(39)21-44-23-10-8-22(9-11-23)35-36-26-7-5-6-24-25(26)20-37(31(24)41)27-12-13-28(38)34-30(27)40/h5-11,27H,1-4,12-21H2,(H,33,39)(H,34,38,40)/b36-35+. The van der Waals surface area contributed by atoms with Crippen LogP contribution in [0.2, 0.25) is 0 Å². The first-order valence-electron chi connectivity index (χ1n) is 14.9. The first-order chi connectivity index (χ1) is 21.5. The molecule has 1 unspecified atom stereocenters. The summed E-state index contributed by atoms with van der Waals surface area (Å²) in [5.74, 6) is -0.110. The fraction of sp³-hybridized carbons (Fsp3) is 0.484. The van der Waals surface area contributed by atoms with Crippen molar-refractivity contribution in [3.63, 3.8) is 0 Å². The van der Waals surface area contributed by atoms with Crippen LogP contribution in [0.3, 0.4) is 0 Å². The van der Waals surface area contributed by atoms with Crippen LogP contribution in [0.25, 0.3) is 0 Å². The number of imide groups is 1. The Morgan fingerprint density at radius 1 is 0.955 bits per heavy atom. The van der Waals surface area contributed by atoms with Crippen LogP contribution >= 0.6 is 11.6 Å². The molecule has 0 radical (unpaired) electrons. The minimum atomic E-state index is -0.697. The van der Waals surface area contributed by atoms with Crippen LogP contribution < -0.4 is 15.4 Å². The number of fused-ring (bicyclic) bond motifs is 1. The summed E-state index contributed by atoms with van der Waals surface area (Å²) in [6.07, 6.45) is 4.79. The third-order valence-corrected chi connectivity index (χ3v) is 7.42. The van der Waals surface area contributed by atoms with Gasteiger partial charge in [-0.3, -0.25) is 24.5 Å². The lowest BCUT2D eigenvalue weighted by molar-refractivity contribution is -0.137. The second-order valence-corrected chi connectivity index (χ2v) is 10.7. The van der Waals surface area contributed by atoms with Gasteiger partial charge in [0.2, 0.25) is 11.8 Å². The molecule has 1 saturated heterocycles. The van der Waals surface area contributed by atoms with Crippen molar-refractivity contribution in [3.05, 3.63) is 53.6 Å². The van der Waals surface area contributed by atoms with E-state index in [0.717, 1.165) is 25.7 Å². The molecular formula is C31H38ClN5O7. The van der Waals surface area contributed by atoms with Gasteiger partial charge in [0.25, 0.3) is 11.8 Å². The van der Waals surface area contributed by atoms with E-state index in [9.17, 15) is 19.2 Å². The molecule has 2 heterocycles. The molecule has 4 amide bonds. The van der Waals surface area contributed by atoms with E-state index < -0.39 is 11.9 Å². The largest absolute Gasteiger partial charge is 0.484 e. The molecule has 2 aromatic carbocycles. The third-order valence-electron chi connectivity index (χ3n) is 7.15. The Morgan fingerprint density at radius 3 is 2.50 bits per heavy atom. The molecule has 0 bridgehead atoms. The smallest absolute Gasteiger partial charge is 0.258 e. The number of piperidine rings is 1. The number of alkyl halides is 1. The molecule has 236 valence electrons. The quantitative estimate of drug-likeness (QED) is 0.109. The zero-order chi connectivity index (χ0) is 31.1. The lowest BCUT2D eigenvalue weighted by atomic mass is 10.0. The third kappa shape index (κ3) is 9.83. The summed E-state index contributed by atoms with van der Waals surface area (Å²) in [5, 5.41) is 13.7. The van der Waals surface area contributed by atoms with Crippen molar-refractivity contribution in [2.45, 2.75) is 51.1 Å². The molecule has 0 aromatic heterocycles. The summed E-state index contributed by atoms with van der Waals surface area (Å²) in [6.45, 7) is 2.55. The van der Waals surface area contributed by atoms with Crippen molar-refractivity contribution in [2.24, 2.45) is 10.2 Å². The Labute approximate surface area is 261 Å². The zero-order valence-electron chi connectivity index (χ0n) is 24.6. The number of carbonyl (C=O) groups is 4. The highest BCUT2D eigenvalue weighted by molar-refractivity contribution is 6.17. The Kier molecular flexibility index (Phi) is 13.1. The van der Waals surface area contributed by atoms with Crippen LogP contribution in [0.5, 0.6) is 5.75 Å². The number of rotatable bonds is 18. The second kappa shape index (κ2) is 17.4. The molecule has 1 atom stereocenters. The SMILES string of the molecule is O=C(COc1ccc(/N=N/c2cccc3c2CN(C2CCC(=O)NC2=O)C3=O)cc1)NCCOCCOCCCCCCCl. The van der Waals surface area contributed by atoms with Crippen LogP contribution in [0.1, 0.15) is 54.4 Å². The molecule has 2 aromatic rings. The normalized spacial score (nSPS) is 16.3. The number of azo groups is 1. The number of amides is 4. The number of unbranched alkanes of at least 4 members (excludes halogenated alkanes) is 3. The van der Waals surface area contributed by atoms with Gasteiger partial charge in [0.15, 0.2) is 6.61 Å². The molecule has 1 fully saturated rings. The molecular weight excluding hydrogens is 590 g/mol. The number of ether oxygens (including phenoxy) is 3. The van der Waals surface area contributed by atoms with Crippen LogP contribution in [0.15, 0.2) is 52.7 Å². The average Bonchev–Trinajstić information content (AvgIpc) is 3.36. The van der Waals surface area contributed by atoms with Crippen molar-refractivity contribution in [1.82, 2.24) is 15.5 Å². The van der Waals surface area contributed by atoms with Gasteiger partial charge in [-0.05, 0) is 55.7 Å². The summed E-state index contributed by atoms with van der Waals surface area (Å²) in [5.41, 5.74) is 2.22. The molecule has 2 aliphatic heterocycles. The maximum absolute atomic E-state index is 13.0. The molecule has 2 N–H and O–H groups in total. The van der Waals surface area contributed by atoms with E-state index in [1.54, 1.807) is 42.5 Å². The van der Waals surface area contributed by atoms with E-state index in [0.29, 0.717) is 73.5 Å². The number of hydrogen-bond acceptors (Lipinski definition) is 9. The highest BCUT2D eigenvalue weighted by Gasteiger charge is 2.39. The minimum Gasteiger partial charge on any atom is -0.484 e. The first-order valence-corrected chi connectivity index (χ1v) is 15.4. The van der Waals surface area contributed by atoms with E-state index in [1.807, 2.05) is 0 Å². The van der Waals surface area contributed by atoms with Gasteiger partial charge in [-0.25, -0.2) is 0 Å². The molecule has 0 aliphatic carbocycles. The van der Waals surface area contributed by atoms with E-state index in [1.165, 1.54) is 4.90 Å². The van der Waals surface area contributed by atoms with Gasteiger partial charge >= 0.3 is 0 Å². The Hall–Kier alpha value is -3.87. The summed E-state index contributed by atoms with van der Waals surface area (Å²) in [7, 11) is 0. The Bertz CT molecular complexity index is 1320. The molecule has 2 aliphatic rings. The van der Waals surface area contributed by atoms with Crippen LogP contribution in [-0.2, 0) is 30.4 Å². The second-order valence-electron chi connectivity index (χ2n) is 10.4. The van der Waals surface area contributed by atoms with E-state index in [4.69, 9.17) is 25.8 Å². The number of halogens is 1. The molecule has 0 spiro atoms. The zero-order valence-corrected chi connectivity index (χ0v) is 25.4. The van der Waals surface area contributed by atoms with Gasteiger partial charge in [-0.2, -0.15) is 10.2 Å². The van der Waals surface area contributed by atoms with Crippen LogP contribution in [-0.4, -0.2) is 80.0 Å². The minimum absolute atomic E-state index is 0.137. The summed E-state index contributed by atoms with van der Waals surface area (Å²) in [6, 6.07) is 11.3. The fourth-order valence-corrected chi connectivity index (χ4v) is 5.01. The molecule has 44 heavy (non-hydrogen) atoms. The van der Waals surface area contributed by atoms with E-state index in [-0.39, 0.29) is 37.3 Å². The maximum Gasteiger partial charge on any atom is 0.258 e. The topological polar surface area (TPSA) is 148 Å². The van der Waals surface area contributed by atoms with Crippen molar-refractivity contribution in [2.75, 3.05) is 45.5 Å². The van der Waals surface area contributed by atoms with Gasteiger partial charge < -0.3 is 24.4 Å². The van der Waals surface area contributed by atoms with Crippen molar-refractivity contribution < 1.29 is 33.4 Å². The fourth-order valence-electron chi connectivity index (χ4n) is 4.82. The van der Waals surface area contributed by atoms with E-state index in [2.05, 4.69) is 20.9 Å². The highest BCUT2D eigenvalue weighted by Crippen LogP contribution is 2.34. The van der Waals surface area contributed by atoms with Crippen LogP contribution in [0.4, 0.5) is 11.4 Å². The Morgan fingerprint density at radius 2 is 1.73 bits per heavy atom. The highest BCUT2D eigenvalue weighted by atomic mass is 35.5. The molecule has 12 nitrogen and oxygen atoms in total. The van der Waals surface area contributed by atoms with Gasteiger partial charge in [0.05, 0.1) is 31.2 Å². The number of hydrogen-bond donors (Lipinski definition) is 2. The predicted molar refractivity (Wildman–Crippen MR) is 162 cm³/mol. The monoisotopic (exact) mass is 627 g/mol. The van der Waals surface area contributed by atoms with Gasteiger partial charge in [-0.15, -0.1) is 11.6 Å². The lowest BCUT2D eigenvalue weighted by Gasteiger charge is -2.29. The molecule has 0 saturated carbocycles. The summed E-state index contributed by atoms with van der Waals surface area (Å²) in [4.78, 5) is 50.4. The van der Waals surface area contributed by atoms with Crippen molar-refractivity contribution >= 4 is 46.6 Å². The van der Waals surface area contributed by atoms with Gasteiger partial charge in [0, 0.05) is 43.1 Å². The van der Waals surface area contributed by atoms with E-state index >= 15 is 0 Å². The van der Waals surface area contributed by atoms with Gasteiger partial charge in [0.1, 0.15) is 11.8 Å². The number of benzene rings is 2. The van der Waals surface area contributed by atoms with Gasteiger partial charge in [-0.1, -0.05) is 18.9 Å².